The van der Waals surface area contributed by atoms with Crippen LogP contribution in [0.1, 0.15) is 12.6 Å². The van der Waals surface area contributed by atoms with Gasteiger partial charge in [-0.3, -0.25) is 9.31 Å². The minimum atomic E-state index is -1.11. The number of hydrogen-bond donors (Lipinski definition) is 1. The lowest BCUT2D eigenvalue weighted by molar-refractivity contribution is 0.443. The fourth-order valence-corrected chi connectivity index (χ4v) is 3.57. The number of likely N-dealkylation sites (N-methyl/N-ethyl adjacent to an activating group) is 1. The third-order valence-electron chi connectivity index (χ3n) is 3.62. The molecule has 1 aromatic carbocycles. The van der Waals surface area contributed by atoms with Crippen molar-refractivity contribution >= 4 is 33.3 Å². The largest absolute Gasteiger partial charge is 0.364 e. The third-order valence-corrected chi connectivity index (χ3v) is 5.40. The number of fused-ring (bicyclic) bond motifs is 1. The van der Waals surface area contributed by atoms with Gasteiger partial charge in [-0.1, -0.05) is 30.5 Å². The van der Waals surface area contributed by atoms with Crippen LogP contribution >= 0.6 is 11.6 Å². The van der Waals surface area contributed by atoms with Crippen molar-refractivity contribution < 1.29 is 4.21 Å². The summed E-state index contributed by atoms with van der Waals surface area (Å²) in [5.41, 5.74) is 1.44. The molecule has 0 spiro atoms. The maximum atomic E-state index is 12.0. The van der Waals surface area contributed by atoms with Crippen molar-refractivity contribution in [2.24, 2.45) is 0 Å². The first-order valence-electron chi connectivity index (χ1n) is 7.24. The number of H-pyrrole nitrogens is 1. The highest BCUT2D eigenvalue weighted by Gasteiger charge is 2.13. The Morgan fingerprint density at radius 3 is 3.00 bits per heavy atom. The van der Waals surface area contributed by atoms with Gasteiger partial charge in [0.25, 0.3) is 0 Å². The van der Waals surface area contributed by atoms with E-state index in [0.717, 1.165) is 10.9 Å². The first kappa shape index (κ1) is 15.9. The van der Waals surface area contributed by atoms with Crippen LogP contribution in [0.4, 0.5) is 0 Å². The second kappa shape index (κ2) is 6.61. The van der Waals surface area contributed by atoms with Crippen LogP contribution in [0.5, 0.6) is 0 Å². The molecule has 0 amide bonds. The van der Waals surface area contributed by atoms with Gasteiger partial charge in [0.1, 0.15) is 11.7 Å². The Labute approximate surface area is 142 Å². The highest BCUT2D eigenvalue weighted by molar-refractivity contribution is 7.85. The third kappa shape index (κ3) is 3.19. The first-order valence-corrected chi connectivity index (χ1v) is 8.94. The number of nitrogens with zero attached hydrogens (tertiary/aromatic N) is 2. The molecule has 0 aliphatic carbocycles. The maximum absolute atomic E-state index is 12.0. The number of aromatic nitrogens is 2. The lowest BCUT2D eigenvalue weighted by Gasteiger charge is -2.20. The van der Waals surface area contributed by atoms with Crippen LogP contribution in [0, 0.1) is 11.8 Å². The van der Waals surface area contributed by atoms with Gasteiger partial charge in [0, 0.05) is 24.4 Å². The van der Waals surface area contributed by atoms with Crippen molar-refractivity contribution in [2.75, 3.05) is 12.8 Å². The maximum Gasteiger partial charge on any atom is 0.115 e. The molecule has 0 bridgehead atoms. The Hall–Kier alpha value is -2.03. The van der Waals surface area contributed by atoms with E-state index < -0.39 is 10.8 Å². The molecule has 23 heavy (non-hydrogen) atoms. The second-order valence-electron chi connectivity index (χ2n) is 5.14. The number of aromatic amines is 1. The smallest absolute Gasteiger partial charge is 0.115 e. The van der Waals surface area contributed by atoms with Crippen LogP contribution in [0.3, 0.4) is 0 Å². The van der Waals surface area contributed by atoms with Gasteiger partial charge in [-0.2, -0.15) is 5.10 Å². The zero-order chi connectivity index (χ0) is 16.4. The lowest BCUT2D eigenvalue weighted by atomic mass is 10.1. The predicted octanol–water partition coefficient (Wildman–Crippen LogP) is 3.08. The summed E-state index contributed by atoms with van der Waals surface area (Å²) in [5, 5.41) is 8.52. The zero-order valence-corrected chi connectivity index (χ0v) is 14.4. The van der Waals surface area contributed by atoms with Gasteiger partial charge in [-0.05, 0) is 30.2 Å². The molecule has 6 heteroatoms. The van der Waals surface area contributed by atoms with Crippen molar-refractivity contribution in [1.82, 2.24) is 15.1 Å². The summed E-state index contributed by atoms with van der Waals surface area (Å²) in [6.07, 6.45) is 7.96. The average molecular weight is 346 g/mol. The number of rotatable bonds is 2. The van der Waals surface area contributed by atoms with E-state index in [9.17, 15) is 4.21 Å². The summed E-state index contributed by atoms with van der Waals surface area (Å²) in [6, 6.07) is 3.59. The second-order valence-corrected chi connectivity index (χ2v) is 7.25. The van der Waals surface area contributed by atoms with E-state index in [4.69, 9.17) is 11.6 Å². The fourth-order valence-electron chi connectivity index (χ4n) is 2.32. The fraction of sp³-hybridized carbons (Fsp3) is 0.235. The first-order chi connectivity index (χ1) is 11.1. The summed E-state index contributed by atoms with van der Waals surface area (Å²) < 4.78 is 12.0. The van der Waals surface area contributed by atoms with Crippen LogP contribution < -0.4 is 0 Å². The van der Waals surface area contributed by atoms with Crippen LogP contribution in [0.25, 0.3) is 10.9 Å². The van der Waals surface area contributed by atoms with Crippen molar-refractivity contribution in [3.63, 3.8) is 0 Å². The van der Waals surface area contributed by atoms with Gasteiger partial charge in [0.15, 0.2) is 0 Å². The van der Waals surface area contributed by atoms with Crippen LogP contribution in [-0.2, 0) is 10.8 Å². The van der Waals surface area contributed by atoms with Gasteiger partial charge in [0.05, 0.1) is 26.2 Å². The average Bonchev–Trinajstić information content (AvgIpc) is 2.94. The van der Waals surface area contributed by atoms with Gasteiger partial charge in [0.2, 0.25) is 0 Å². The predicted molar refractivity (Wildman–Crippen MR) is 94.8 cm³/mol. The molecule has 3 rings (SSSR count). The highest BCUT2D eigenvalue weighted by atomic mass is 35.5. The number of hydrogen-bond acceptors (Lipinski definition) is 3. The Kier molecular flexibility index (Phi) is 4.56. The number of halogens is 1. The van der Waals surface area contributed by atoms with Crippen LogP contribution in [0.15, 0.2) is 41.5 Å². The topological polar surface area (TPSA) is 49.0 Å². The molecule has 0 saturated carbocycles. The van der Waals surface area contributed by atoms with E-state index >= 15 is 0 Å². The van der Waals surface area contributed by atoms with Gasteiger partial charge in [-0.15, -0.1) is 0 Å². The summed E-state index contributed by atoms with van der Waals surface area (Å²) in [4.78, 5) is 2.65. The molecule has 118 valence electrons. The molecule has 4 nitrogen and oxygen atoms in total. The molecule has 1 aliphatic rings. The molecule has 0 radical (unpaired) electrons. The summed E-state index contributed by atoms with van der Waals surface area (Å²) in [6.45, 7) is 1.86. The van der Waals surface area contributed by atoms with Crippen molar-refractivity contribution in [2.45, 2.75) is 17.9 Å². The van der Waals surface area contributed by atoms with E-state index in [2.05, 4.69) is 22.0 Å². The zero-order valence-electron chi connectivity index (χ0n) is 12.8. The van der Waals surface area contributed by atoms with E-state index in [0.29, 0.717) is 21.4 Å². The van der Waals surface area contributed by atoms with Crippen molar-refractivity contribution in [3.8, 4) is 11.8 Å². The van der Waals surface area contributed by atoms with E-state index in [1.165, 1.54) is 0 Å². The number of benzene rings is 1. The van der Waals surface area contributed by atoms with Crippen molar-refractivity contribution in [3.05, 3.63) is 47.3 Å². The molecule has 1 N–H and O–H groups in total. The summed E-state index contributed by atoms with van der Waals surface area (Å²) in [5.74, 6) is 6.85. The summed E-state index contributed by atoms with van der Waals surface area (Å²) in [7, 11) is 0.873. The number of nitrogens with one attached hydrogen (secondary N) is 1. The minimum absolute atomic E-state index is 0.0284. The Balaban J connectivity index is 1.98. The Bertz CT molecular complexity index is 888. The lowest BCUT2D eigenvalue weighted by Crippen LogP contribution is -2.24. The Morgan fingerprint density at radius 1 is 1.43 bits per heavy atom. The molecule has 1 aliphatic heterocycles. The normalized spacial score (nSPS) is 18.0. The van der Waals surface area contributed by atoms with Gasteiger partial charge >= 0.3 is 0 Å². The monoisotopic (exact) mass is 345 g/mol. The molecule has 2 heterocycles. The molecule has 1 aromatic heterocycles. The van der Waals surface area contributed by atoms with Crippen LogP contribution in [0.2, 0.25) is 5.02 Å². The van der Waals surface area contributed by atoms with Crippen LogP contribution in [-0.4, -0.2) is 38.1 Å². The molecule has 2 atom stereocenters. The molecular weight excluding hydrogens is 330 g/mol. The molecular formula is C17H16ClN3OS. The molecule has 0 saturated heterocycles. The number of allylic oxidation sites excluding steroid dienone is 2. The Morgan fingerprint density at radius 2 is 2.26 bits per heavy atom. The highest BCUT2D eigenvalue weighted by Crippen LogP contribution is 2.27. The SMILES string of the molecule is CCS(=O)c1cc2n[nH]c(C#CC3C=CC=CN3C)c2cc1Cl. The standard InChI is InChI=1S/C17H16ClN3OS/c1-3-23(22)17-11-16-13(10-14(17)18)15(19-20-16)8-7-12-6-4-5-9-21(12)2/h4-6,9-12H,3H2,1-2H3,(H,19,20). The van der Waals surface area contributed by atoms with Gasteiger partial charge in [-0.25, -0.2) is 0 Å². The van der Waals surface area contributed by atoms with Gasteiger partial charge < -0.3 is 4.90 Å². The molecule has 2 unspecified atom stereocenters. The molecule has 2 aromatic rings. The van der Waals surface area contributed by atoms with E-state index in [1.54, 1.807) is 12.1 Å². The summed E-state index contributed by atoms with van der Waals surface area (Å²) >= 11 is 6.27. The van der Waals surface area contributed by atoms with E-state index in [1.807, 2.05) is 43.3 Å². The van der Waals surface area contributed by atoms with Crippen molar-refractivity contribution in [1.29, 1.82) is 0 Å². The minimum Gasteiger partial charge on any atom is -0.364 e. The van der Waals surface area contributed by atoms with E-state index in [-0.39, 0.29) is 6.04 Å². The quantitative estimate of drug-likeness (QED) is 0.851. The molecule has 0 fully saturated rings.